The van der Waals surface area contributed by atoms with Crippen LogP contribution < -0.4 is 5.32 Å². The summed E-state index contributed by atoms with van der Waals surface area (Å²) in [6, 6.07) is 7.98. The van der Waals surface area contributed by atoms with E-state index in [2.05, 4.69) is 16.3 Å². The summed E-state index contributed by atoms with van der Waals surface area (Å²) in [5.41, 5.74) is 2.06. The van der Waals surface area contributed by atoms with E-state index in [1.54, 1.807) is 6.92 Å². The van der Waals surface area contributed by atoms with Gasteiger partial charge < -0.3 is 10.4 Å². The number of carbonyl (C=O) groups excluding carboxylic acids is 1. The van der Waals surface area contributed by atoms with Gasteiger partial charge in [-0.25, -0.2) is 0 Å². The zero-order valence-electron chi connectivity index (χ0n) is 12.1. The largest absolute Gasteiger partial charge is 0.393 e. The van der Waals surface area contributed by atoms with Crippen LogP contribution in [0.3, 0.4) is 0 Å². The van der Waals surface area contributed by atoms with Gasteiger partial charge in [0.15, 0.2) is 0 Å². The van der Waals surface area contributed by atoms with E-state index in [9.17, 15) is 9.90 Å². The summed E-state index contributed by atoms with van der Waals surface area (Å²) < 4.78 is 0. The lowest BCUT2D eigenvalue weighted by Crippen LogP contribution is -2.20. The Morgan fingerprint density at radius 3 is 2.75 bits per heavy atom. The molecule has 2 rings (SSSR count). The number of aliphatic hydroxyl groups is 1. The zero-order valence-corrected chi connectivity index (χ0v) is 12.1. The summed E-state index contributed by atoms with van der Waals surface area (Å²) in [4.78, 5) is 14.3. The molecular weight excluding hydrogens is 252 g/mol. The van der Waals surface area contributed by atoms with Gasteiger partial charge in [-0.2, -0.15) is 0 Å². The van der Waals surface area contributed by atoms with E-state index in [0.717, 1.165) is 25.3 Å². The van der Waals surface area contributed by atoms with Crippen molar-refractivity contribution in [3.8, 4) is 0 Å². The highest BCUT2D eigenvalue weighted by atomic mass is 16.3. The van der Waals surface area contributed by atoms with E-state index in [1.807, 2.05) is 18.2 Å². The Hall–Kier alpha value is -1.39. The number of benzene rings is 1. The van der Waals surface area contributed by atoms with Crippen molar-refractivity contribution in [3.63, 3.8) is 0 Å². The van der Waals surface area contributed by atoms with Crippen LogP contribution in [0.1, 0.15) is 38.2 Å². The molecule has 0 aliphatic carbocycles. The number of nitrogens with zero attached hydrogens (tertiary/aromatic N) is 1. The first-order valence-electron chi connectivity index (χ1n) is 7.43. The minimum atomic E-state index is -0.430. The topological polar surface area (TPSA) is 52.6 Å². The Morgan fingerprint density at radius 1 is 1.35 bits per heavy atom. The van der Waals surface area contributed by atoms with Crippen molar-refractivity contribution >= 4 is 11.6 Å². The molecule has 4 heteroatoms. The minimum absolute atomic E-state index is 0.0280. The number of aliphatic hydroxyl groups excluding tert-OH is 1. The third-order valence-electron chi connectivity index (χ3n) is 3.67. The normalized spacial score (nSPS) is 17.1. The second-order valence-corrected chi connectivity index (χ2v) is 5.58. The number of rotatable bonds is 6. The van der Waals surface area contributed by atoms with Gasteiger partial charge in [0, 0.05) is 18.7 Å². The zero-order chi connectivity index (χ0) is 14.4. The second-order valence-electron chi connectivity index (χ2n) is 5.58. The van der Waals surface area contributed by atoms with Gasteiger partial charge in [0.2, 0.25) is 5.91 Å². The van der Waals surface area contributed by atoms with Gasteiger partial charge in [0.25, 0.3) is 0 Å². The summed E-state index contributed by atoms with van der Waals surface area (Å²) in [6.07, 6.45) is 2.96. The first-order valence-corrected chi connectivity index (χ1v) is 7.43. The molecule has 1 amide bonds. The van der Waals surface area contributed by atoms with E-state index < -0.39 is 6.10 Å². The first kappa shape index (κ1) is 15.0. The highest BCUT2D eigenvalue weighted by Crippen LogP contribution is 2.20. The number of hydrogen-bond acceptors (Lipinski definition) is 3. The molecule has 0 spiro atoms. The molecule has 1 saturated heterocycles. The highest BCUT2D eigenvalue weighted by Gasteiger charge is 2.14. The molecule has 0 aromatic heterocycles. The molecule has 1 heterocycles. The molecule has 20 heavy (non-hydrogen) atoms. The molecule has 1 aliphatic rings. The van der Waals surface area contributed by atoms with Crippen LogP contribution in [0.4, 0.5) is 5.69 Å². The Bertz CT molecular complexity index is 440. The van der Waals surface area contributed by atoms with Crippen LogP contribution in [0.5, 0.6) is 0 Å². The predicted octanol–water partition coefficient (Wildman–Crippen LogP) is 2.38. The quantitative estimate of drug-likeness (QED) is 0.839. The van der Waals surface area contributed by atoms with Crippen LogP contribution in [0.2, 0.25) is 0 Å². The second kappa shape index (κ2) is 7.41. The van der Waals surface area contributed by atoms with Crippen molar-refractivity contribution in [3.05, 3.63) is 29.8 Å². The molecule has 1 aromatic rings. The van der Waals surface area contributed by atoms with Crippen LogP contribution in [0.15, 0.2) is 24.3 Å². The maximum Gasteiger partial charge on any atom is 0.224 e. The van der Waals surface area contributed by atoms with E-state index in [1.165, 1.54) is 18.4 Å². The smallest absolute Gasteiger partial charge is 0.224 e. The fraction of sp³-hybridized carbons (Fsp3) is 0.562. The average Bonchev–Trinajstić information content (AvgIpc) is 2.92. The van der Waals surface area contributed by atoms with Crippen LogP contribution in [-0.2, 0) is 11.3 Å². The summed E-state index contributed by atoms with van der Waals surface area (Å²) in [5, 5.41) is 12.2. The lowest BCUT2D eigenvalue weighted by Gasteiger charge is -2.18. The Balaban J connectivity index is 1.94. The van der Waals surface area contributed by atoms with Crippen molar-refractivity contribution < 1.29 is 9.90 Å². The lowest BCUT2D eigenvalue weighted by molar-refractivity contribution is -0.116. The van der Waals surface area contributed by atoms with E-state index in [-0.39, 0.29) is 5.91 Å². The summed E-state index contributed by atoms with van der Waals surface area (Å²) >= 11 is 0. The molecule has 0 saturated carbocycles. The number of hydrogen-bond donors (Lipinski definition) is 2. The van der Waals surface area contributed by atoms with Crippen LogP contribution >= 0.6 is 0 Å². The number of likely N-dealkylation sites (tertiary alicyclic amines) is 1. The first-order chi connectivity index (χ1) is 9.65. The number of para-hydroxylation sites is 1. The fourth-order valence-electron chi connectivity index (χ4n) is 2.51. The molecule has 1 fully saturated rings. The van der Waals surface area contributed by atoms with Crippen molar-refractivity contribution in [1.29, 1.82) is 0 Å². The van der Waals surface area contributed by atoms with Crippen molar-refractivity contribution in [2.75, 3.05) is 18.4 Å². The summed E-state index contributed by atoms with van der Waals surface area (Å²) in [5.74, 6) is -0.0280. The van der Waals surface area contributed by atoms with Crippen LogP contribution in [0, 0.1) is 0 Å². The lowest BCUT2D eigenvalue weighted by atomic mass is 10.1. The molecule has 1 aromatic carbocycles. The third-order valence-corrected chi connectivity index (χ3v) is 3.67. The third kappa shape index (κ3) is 4.62. The number of anilines is 1. The molecule has 0 bridgehead atoms. The standard InChI is InChI=1S/C16H24N2O2/c1-13(19)8-9-16(20)17-15-7-3-2-6-14(15)12-18-10-4-5-11-18/h2-3,6-7,13,19H,4-5,8-12H2,1H3,(H,17,20). The van der Waals surface area contributed by atoms with Crippen molar-refractivity contribution in [2.24, 2.45) is 0 Å². The molecule has 4 nitrogen and oxygen atoms in total. The molecule has 1 aliphatic heterocycles. The fourth-order valence-corrected chi connectivity index (χ4v) is 2.51. The Labute approximate surface area is 120 Å². The maximum absolute atomic E-state index is 11.9. The summed E-state index contributed by atoms with van der Waals surface area (Å²) in [7, 11) is 0. The molecular formula is C16H24N2O2. The number of amides is 1. The highest BCUT2D eigenvalue weighted by molar-refractivity contribution is 5.91. The molecule has 0 radical (unpaired) electrons. The Morgan fingerprint density at radius 2 is 2.05 bits per heavy atom. The monoisotopic (exact) mass is 276 g/mol. The van der Waals surface area contributed by atoms with E-state index in [4.69, 9.17) is 0 Å². The predicted molar refractivity (Wildman–Crippen MR) is 80.5 cm³/mol. The van der Waals surface area contributed by atoms with Gasteiger partial charge in [-0.05, 0) is 50.9 Å². The van der Waals surface area contributed by atoms with Gasteiger partial charge in [0.05, 0.1) is 6.10 Å². The molecule has 1 unspecified atom stereocenters. The minimum Gasteiger partial charge on any atom is -0.393 e. The van der Waals surface area contributed by atoms with Crippen molar-refractivity contribution in [2.45, 2.75) is 45.3 Å². The van der Waals surface area contributed by atoms with Crippen molar-refractivity contribution in [1.82, 2.24) is 4.90 Å². The number of nitrogens with one attached hydrogen (secondary N) is 1. The van der Waals surface area contributed by atoms with Gasteiger partial charge in [-0.15, -0.1) is 0 Å². The van der Waals surface area contributed by atoms with E-state index in [0.29, 0.717) is 12.8 Å². The average molecular weight is 276 g/mol. The van der Waals surface area contributed by atoms with Gasteiger partial charge in [-0.3, -0.25) is 9.69 Å². The SMILES string of the molecule is CC(O)CCC(=O)Nc1ccccc1CN1CCCC1. The summed E-state index contributed by atoms with van der Waals surface area (Å²) in [6.45, 7) is 4.88. The van der Waals surface area contributed by atoms with Gasteiger partial charge in [-0.1, -0.05) is 18.2 Å². The molecule has 1 atom stereocenters. The molecule has 110 valence electrons. The van der Waals surface area contributed by atoms with Crippen LogP contribution in [0.25, 0.3) is 0 Å². The Kier molecular flexibility index (Phi) is 5.56. The number of carbonyl (C=O) groups is 1. The molecule has 2 N–H and O–H groups in total. The van der Waals surface area contributed by atoms with E-state index >= 15 is 0 Å². The van der Waals surface area contributed by atoms with Gasteiger partial charge in [0.1, 0.15) is 0 Å². The maximum atomic E-state index is 11.9. The van der Waals surface area contributed by atoms with Crippen LogP contribution in [-0.4, -0.2) is 35.1 Å². The van der Waals surface area contributed by atoms with Gasteiger partial charge >= 0.3 is 0 Å².